The van der Waals surface area contributed by atoms with Crippen LogP contribution in [-0.2, 0) is 9.53 Å². The smallest absolute Gasteiger partial charge is 0.309 e. The zero-order valence-electron chi connectivity index (χ0n) is 10.3. The number of piperazine rings is 1. The van der Waals surface area contributed by atoms with Crippen LogP contribution >= 0.6 is 0 Å². The molecule has 2 fully saturated rings. The van der Waals surface area contributed by atoms with Gasteiger partial charge in [-0.05, 0) is 19.4 Å². The third-order valence-electron chi connectivity index (χ3n) is 3.81. The van der Waals surface area contributed by atoms with E-state index in [4.69, 9.17) is 4.74 Å². The highest BCUT2D eigenvalue weighted by Crippen LogP contribution is 2.21. The van der Waals surface area contributed by atoms with E-state index in [1.165, 1.54) is 33.0 Å². The van der Waals surface area contributed by atoms with Crippen molar-refractivity contribution in [3.8, 4) is 0 Å². The summed E-state index contributed by atoms with van der Waals surface area (Å²) in [6.45, 7) is 7.45. The van der Waals surface area contributed by atoms with E-state index >= 15 is 0 Å². The standard InChI is InChI=1S/C12H22N2O2/c1-10(12(15)16-2)8-13-6-7-14-5-3-4-11(14)9-13/h10-11H,3-9H2,1-2H3. The quantitative estimate of drug-likeness (QED) is 0.659. The Kier molecular flexibility index (Phi) is 3.82. The largest absolute Gasteiger partial charge is 0.469 e. The van der Waals surface area contributed by atoms with Crippen LogP contribution in [0.2, 0.25) is 0 Å². The molecule has 0 spiro atoms. The van der Waals surface area contributed by atoms with Crippen LogP contribution in [0.3, 0.4) is 0 Å². The number of rotatable bonds is 3. The highest BCUT2D eigenvalue weighted by molar-refractivity contribution is 5.72. The molecule has 2 aliphatic heterocycles. The summed E-state index contributed by atoms with van der Waals surface area (Å²) in [6.07, 6.45) is 2.66. The fourth-order valence-corrected chi connectivity index (χ4v) is 2.88. The monoisotopic (exact) mass is 226 g/mol. The third kappa shape index (κ3) is 2.55. The van der Waals surface area contributed by atoms with Crippen molar-refractivity contribution in [2.45, 2.75) is 25.8 Å². The van der Waals surface area contributed by atoms with Gasteiger partial charge >= 0.3 is 5.97 Å². The first-order valence-corrected chi connectivity index (χ1v) is 6.25. The summed E-state index contributed by atoms with van der Waals surface area (Å²) in [4.78, 5) is 16.3. The Morgan fingerprint density at radius 2 is 2.25 bits per heavy atom. The summed E-state index contributed by atoms with van der Waals surface area (Å²) in [5.41, 5.74) is 0. The number of esters is 1. The fourth-order valence-electron chi connectivity index (χ4n) is 2.88. The highest BCUT2D eigenvalue weighted by Gasteiger charge is 2.31. The molecule has 0 aromatic heterocycles. The van der Waals surface area contributed by atoms with Gasteiger partial charge in [0.2, 0.25) is 0 Å². The SMILES string of the molecule is COC(=O)C(C)CN1CCN2CCCC2C1. The maximum absolute atomic E-state index is 11.4. The van der Waals surface area contributed by atoms with E-state index in [1.807, 2.05) is 6.92 Å². The number of carbonyl (C=O) groups is 1. The Morgan fingerprint density at radius 1 is 1.44 bits per heavy atom. The zero-order chi connectivity index (χ0) is 11.5. The molecule has 2 heterocycles. The van der Waals surface area contributed by atoms with E-state index in [-0.39, 0.29) is 11.9 Å². The van der Waals surface area contributed by atoms with Crippen LogP contribution in [0, 0.1) is 5.92 Å². The number of ether oxygens (including phenoxy) is 1. The highest BCUT2D eigenvalue weighted by atomic mass is 16.5. The van der Waals surface area contributed by atoms with Crippen molar-refractivity contribution in [2.75, 3.05) is 39.8 Å². The van der Waals surface area contributed by atoms with Crippen molar-refractivity contribution in [1.82, 2.24) is 9.80 Å². The van der Waals surface area contributed by atoms with Gasteiger partial charge in [0, 0.05) is 32.2 Å². The lowest BCUT2D eigenvalue weighted by Crippen LogP contribution is -2.51. The van der Waals surface area contributed by atoms with Crippen LogP contribution < -0.4 is 0 Å². The lowest BCUT2D eigenvalue weighted by atomic mass is 10.1. The molecular formula is C12H22N2O2. The number of carbonyl (C=O) groups excluding carboxylic acids is 1. The fraction of sp³-hybridized carbons (Fsp3) is 0.917. The van der Waals surface area contributed by atoms with Crippen molar-refractivity contribution < 1.29 is 9.53 Å². The Bertz CT molecular complexity index is 257. The molecule has 2 unspecified atom stereocenters. The Morgan fingerprint density at radius 3 is 3.00 bits per heavy atom. The van der Waals surface area contributed by atoms with Crippen molar-refractivity contribution >= 4 is 5.97 Å². The second-order valence-electron chi connectivity index (χ2n) is 5.02. The molecule has 2 atom stereocenters. The van der Waals surface area contributed by atoms with Crippen LogP contribution in [0.1, 0.15) is 19.8 Å². The molecule has 0 aromatic rings. The second-order valence-corrected chi connectivity index (χ2v) is 5.02. The minimum atomic E-state index is -0.0890. The number of methoxy groups -OCH3 is 1. The molecule has 4 heteroatoms. The van der Waals surface area contributed by atoms with Gasteiger partial charge in [-0.1, -0.05) is 6.92 Å². The topological polar surface area (TPSA) is 32.8 Å². The van der Waals surface area contributed by atoms with Crippen LogP contribution in [0.4, 0.5) is 0 Å². The first kappa shape index (κ1) is 11.9. The number of nitrogens with zero attached hydrogens (tertiary/aromatic N) is 2. The first-order chi connectivity index (χ1) is 7.70. The van der Waals surface area contributed by atoms with Gasteiger partial charge in [-0.25, -0.2) is 0 Å². The average molecular weight is 226 g/mol. The van der Waals surface area contributed by atoms with Gasteiger partial charge in [-0.3, -0.25) is 14.6 Å². The summed E-state index contributed by atoms with van der Waals surface area (Å²) < 4.78 is 4.76. The molecule has 0 aromatic carbocycles. The molecule has 0 N–H and O–H groups in total. The predicted molar refractivity (Wildman–Crippen MR) is 62.2 cm³/mol. The lowest BCUT2D eigenvalue weighted by molar-refractivity contribution is -0.145. The maximum Gasteiger partial charge on any atom is 0.309 e. The van der Waals surface area contributed by atoms with E-state index in [0.29, 0.717) is 0 Å². The molecule has 0 amide bonds. The first-order valence-electron chi connectivity index (χ1n) is 6.25. The van der Waals surface area contributed by atoms with Gasteiger partial charge in [0.05, 0.1) is 13.0 Å². The molecule has 2 rings (SSSR count). The van der Waals surface area contributed by atoms with Crippen LogP contribution in [-0.4, -0.2) is 61.6 Å². The van der Waals surface area contributed by atoms with Crippen molar-refractivity contribution in [1.29, 1.82) is 0 Å². The molecule has 2 saturated heterocycles. The summed E-state index contributed by atoms with van der Waals surface area (Å²) in [6, 6.07) is 0.735. The van der Waals surface area contributed by atoms with E-state index in [0.717, 1.165) is 25.7 Å². The van der Waals surface area contributed by atoms with Gasteiger partial charge in [0.25, 0.3) is 0 Å². The molecule has 92 valence electrons. The Balaban J connectivity index is 1.80. The van der Waals surface area contributed by atoms with Gasteiger partial charge in [0.15, 0.2) is 0 Å². The average Bonchev–Trinajstić information content (AvgIpc) is 2.75. The number of hydrogen-bond donors (Lipinski definition) is 0. The molecular weight excluding hydrogens is 204 g/mol. The molecule has 0 radical (unpaired) electrons. The Labute approximate surface area is 97.5 Å². The lowest BCUT2D eigenvalue weighted by Gasteiger charge is -2.38. The number of fused-ring (bicyclic) bond motifs is 1. The zero-order valence-corrected chi connectivity index (χ0v) is 10.3. The third-order valence-corrected chi connectivity index (χ3v) is 3.81. The van der Waals surface area contributed by atoms with E-state index < -0.39 is 0 Å². The minimum absolute atomic E-state index is 0.00190. The van der Waals surface area contributed by atoms with Gasteiger partial charge in [-0.2, -0.15) is 0 Å². The molecule has 4 nitrogen and oxygen atoms in total. The van der Waals surface area contributed by atoms with Gasteiger partial charge in [0.1, 0.15) is 0 Å². The van der Waals surface area contributed by atoms with E-state index in [2.05, 4.69) is 9.80 Å². The summed E-state index contributed by atoms with van der Waals surface area (Å²) >= 11 is 0. The molecule has 0 aliphatic carbocycles. The van der Waals surface area contributed by atoms with E-state index in [9.17, 15) is 4.79 Å². The van der Waals surface area contributed by atoms with Crippen molar-refractivity contribution in [3.63, 3.8) is 0 Å². The minimum Gasteiger partial charge on any atom is -0.469 e. The normalized spacial score (nSPS) is 28.8. The van der Waals surface area contributed by atoms with Gasteiger partial charge in [-0.15, -0.1) is 0 Å². The van der Waals surface area contributed by atoms with Crippen LogP contribution in [0.5, 0.6) is 0 Å². The number of hydrogen-bond acceptors (Lipinski definition) is 4. The summed E-state index contributed by atoms with van der Waals surface area (Å²) in [7, 11) is 1.47. The van der Waals surface area contributed by atoms with Crippen molar-refractivity contribution in [2.24, 2.45) is 5.92 Å². The van der Waals surface area contributed by atoms with E-state index in [1.54, 1.807) is 0 Å². The van der Waals surface area contributed by atoms with Gasteiger partial charge < -0.3 is 4.74 Å². The van der Waals surface area contributed by atoms with Crippen LogP contribution in [0.25, 0.3) is 0 Å². The predicted octanol–water partition coefficient (Wildman–Crippen LogP) is 0.575. The van der Waals surface area contributed by atoms with Crippen molar-refractivity contribution in [3.05, 3.63) is 0 Å². The molecule has 0 saturated carbocycles. The maximum atomic E-state index is 11.4. The van der Waals surface area contributed by atoms with Crippen LogP contribution in [0.15, 0.2) is 0 Å². The molecule has 0 bridgehead atoms. The summed E-state index contributed by atoms with van der Waals surface area (Å²) in [5, 5.41) is 0. The molecule has 2 aliphatic rings. The molecule has 16 heavy (non-hydrogen) atoms. The second kappa shape index (κ2) is 5.15. The summed E-state index contributed by atoms with van der Waals surface area (Å²) in [5.74, 6) is -0.0909. The Hall–Kier alpha value is -0.610.